The Morgan fingerprint density at radius 3 is 2.62 bits per heavy atom. The van der Waals surface area contributed by atoms with Gasteiger partial charge < -0.3 is 14.5 Å². The van der Waals surface area contributed by atoms with Crippen molar-refractivity contribution in [2.45, 2.75) is 0 Å². The van der Waals surface area contributed by atoms with Gasteiger partial charge in [-0.3, -0.25) is 4.79 Å². The second-order valence-corrected chi connectivity index (χ2v) is 7.00. The molecule has 3 rings (SSSR count). The van der Waals surface area contributed by atoms with Crippen molar-refractivity contribution in [2.75, 3.05) is 37.7 Å². The maximum atomic E-state index is 12.2. The number of rotatable bonds is 5. The highest BCUT2D eigenvalue weighted by atomic mass is 35.5. The van der Waals surface area contributed by atoms with Gasteiger partial charge in [0.15, 0.2) is 6.61 Å². The summed E-state index contributed by atoms with van der Waals surface area (Å²) < 4.78 is 5.04. The van der Waals surface area contributed by atoms with Gasteiger partial charge in [0.2, 0.25) is 0 Å². The third-order valence-corrected chi connectivity index (χ3v) is 5.14. The molecule has 7 heteroatoms. The summed E-state index contributed by atoms with van der Waals surface area (Å²) in [5.41, 5.74) is 1.92. The monoisotopic (exact) mass is 390 g/mol. The maximum Gasteiger partial charge on any atom is 0.331 e. The summed E-state index contributed by atoms with van der Waals surface area (Å²) in [6.07, 6.45) is 3.01. The van der Waals surface area contributed by atoms with Crippen LogP contribution >= 0.6 is 22.9 Å². The van der Waals surface area contributed by atoms with Crippen LogP contribution in [0.25, 0.3) is 6.08 Å². The topological polar surface area (TPSA) is 49.9 Å². The summed E-state index contributed by atoms with van der Waals surface area (Å²) in [6, 6.07) is 9.57. The van der Waals surface area contributed by atoms with Crippen molar-refractivity contribution in [2.24, 2.45) is 0 Å². The van der Waals surface area contributed by atoms with Crippen LogP contribution in [0.4, 0.5) is 5.69 Å². The molecule has 0 bridgehead atoms. The molecule has 0 saturated carbocycles. The summed E-state index contributed by atoms with van der Waals surface area (Å²) >= 11 is 7.77. The Kier molecular flexibility index (Phi) is 6.30. The normalized spacial score (nSPS) is 14.7. The number of hydrogen-bond acceptors (Lipinski definition) is 5. The number of thiophene rings is 1. The number of para-hydroxylation sites is 1. The van der Waals surface area contributed by atoms with E-state index in [1.165, 1.54) is 6.08 Å². The Morgan fingerprint density at radius 2 is 1.92 bits per heavy atom. The van der Waals surface area contributed by atoms with Crippen molar-refractivity contribution in [3.63, 3.8) is 0 Å². The Hall–Kier alpha value is -2.31. The second kappa shape index (κ2) is 8.87. The van der Waals surface area contributed by atoms with Crippen LogP contribution in [0.1, 0.15) is 5.56 Å². The number of esters is 1. The minimum absolute atomic E-state index is 0.180. The first-order chi connectivity index (χ1) is 12.6. The van der Waals surface area contributed by atoms with E-state index in [-0.39, 0.29) is 12.5 Å². The van der Waals surface area contributed by atoms with Gasteiger partial charge in [0.05, 0.1) is 10.7 Å². The van der Waals surface area contributed by atoms with E-state index in [9.17, 15) is 9.59 Å². The third-order valence-electron chi connectivity index (χ3n) is 4.12. The first-order valence-electron chi connectivity index (χ1n) is 8.28. The van der Waals surface area contributed by atoms with E-state index >= 15 is 0 Å². The molecule has 1 aromatic carbocycles. The Bertz CT molecular complexity index is 784. The summed E-state index contributed by atoms with van der Waals surface area (Å²) in [4.78, 5) is 27.8. The number of amides is 1. The maximum absolute atomic E-state index is 12.2. The number of hydrogen-bond donors (Lipinski definition) is 0. The Labute approximate surface area is 161 Å². The molecule has 1 aliphatic heterocycles. The first kappa shape index (κ1) is 18.5. The highest BCUT2D eigenvalue weighted by Crippen LogP contribution is 2.26. The van der Waals surface area contributed by atoms with Crippen LogP contribution in [0.3, 0.4) is 0 Å². The first-order valence-corrected chi connectivity index (χ1v) is 9.60. The van der Waals surface area contributed by atoms with E-state index in [1.807, 2.05) is 41.1 Å². The predicted molar refractivity (Wildman–Crippen MR) is 105 cm³/mol. The molecule has 26 heavy (non-hydrogen) atoms. The zero-order valence-corrected chi connectivity index (χ0v) is 15.7. The number of halogens is 1. The lowest BCUT2D eigenvalue weighted by atomic mass is 10.2. The summed E-state index contributed by atoms with van der Waals surface area (Å²) in [7, 11) is 0. The van der Waals surface area contributed by atoms with Gasteiger partial charge in [0.1, 0.15) is 0 Å². The molecule has 1 aromatic heterocycles. The van der Waals surface area contributed by atoms with Gasteiger partial charge in [-0.2, -0.15) is 11.3 Å². The quantitative estimate of drug-likeness (QED) is 0.580. The second-order valence-electron chi connectivity index (χ2n) is 5.82. The van der Waals surface area contributed by atoms with Crippen molar-refractivity contribution in [3.8, 4) is 0 Å². The lowest BCUT2D eigenvalue weighted by molar-refractivity contribution is -0.148. The number of carbonyl (C=O) groups excluding carboxylic acids is 2. The Morgan fingerprint density at radius 1 is 1.15 bits per heavy atom. The molecule has 0 atom stereocenters. The standard InChI is InChI=1S/C19H19ClN2O3S/c20-16-3-1-2-4-17(16)21-8-10-22(11-9-21)18(23)13-25-19(24)6-5-15-7-12-26-14-15/h1-7,12,14H,8-11,13H2/b6-5+. The number of carbonyl (C=O) groups is 2. The molecule has 0 N–H and O–H groups in total. The van der Waals surface area contributed by atoms with Crippen LogP contribution in [0.2, 0.25) is 5.02 Å². The predicted octanol–water partition coefficient (Wildman–Crippen LogP) is 3.31. The lowest BCUT2D eigenvalue weighted by Gasteiger charge is -2.36. The van der Waals surface area contributed by atoms with Gasteiger partial charge in [-0.15, -0.1) is 0 Å². The van der Waals surface area contributed by atoms with Crippen molar-refractivity contribution in [1.29, 1.82) is 0 Å². The molecule has 1 amide bonds. The molecule has 0 spiro atoms. The van der Waals surface area contributed by atoms with Crippen molar-refractivity contribution < 1.29 is 14.3 Å². The molecule has 2 aromatic rings. The van der Waals surface area contributed by atoms with Crippen LogP contribution in [-0.4, -0.2) is 49.6 Å². The summed E-state index contributed by atoms with van der Waals surface area (Å²) in [6.45, 7) is 2.31. The SMILES string of the molecule is O=C(/C=C/c1ccsc1)OCC(=O)N1CCN(c2ccccc2Cl)CC1. The smallest absolute Gasteiger partial charge is 0.331 e. The third kappa shape index (κ3) is 4.86. The molecule has 1 saturated heterocycles. The zero-order chi connectivity index (χ0) is 18.4. The number of benzene rings is 1. The van der Waals surface area contributed by atoms with Crippen LogP contribution in [0.15, 0.2) is 47.2 Å². The largest absolute Gasteiger partial charge is 0.452 e. The van der Waals surface area contributed by atoms with Crippen LogP contribution in [0, 0.1) is 0 Å². The Balaban J connectivity index is 1.44. The molecule has 2 heterocycles. The number of nitrogens with zero attached hydrogens (tertiary/aromatic N) is 2. The minimum Gasteiger partial charge on any atom is -0.452 e. The van der Waals surface area contributed by atoms with Gasteiger partial charge in [-0.25, -0.2) is 4.79 Å². The summed E-state index contributed by atoms with van der Waals surface area (Å²) in [5.74, 6) is -0.694. The van der Waals surface area contributed by atoms with Crippen LogP contribution in [0.5, 0.6) is 0 Å². The lowest BCUT2D eigenvalue weighted by Crippen LogP contribution is -2.50. The summed E-state index contributed by atoms with van der Waals surface area (Å²) in [5, 5.41) is 4.56. The number of ether oxygens (including phenoxy) is 1. The average Bonchev–Trinajstić information content (AvgIpc) is 3.18. The number of anilines is 1. The average molecular weight is 391 g/mol. The van der Waals surface area contributed by atoms with Gasteiger partial charge in [0.25, 0.3) is 5.91 Å². The van der Waals surface area contributed by atoms with E-state index < -0.39 is 5.97 Å². The van der Waals surface area contributed by atoms with Gasteiger partial charge in [0, 0.05) is 32.3 Å². The number of piperazine rings is 1. The van der Waals surface area contributed by atoms with Crippen molar-refractivity contribution in [1.82, 2.24) is 4.90 Å². The van der Waals surface area contributed by atoms with E-state index in [1.54, 1.807) is 22.3 Å². The van der Waals surface area contributed by atoms with Crippen molar-refractivity contribution in [3.05, 3.63) is 57.8 Å². The molecule has 136 valence electrons. The fourth-order valence-electron chi connectivity index (χ4n) is 2.71. The molecule has 5 nitrogen and oxygen atoms in total. The molecule has 1 aliphatic rings. The highest BCUT2D eigenvalue weighted by Gasteiger charge is 2.22. The zero-order valence-electron chi connectivity index (χ0n) is 14.1. The van der Waals surface area contributed by atoms with E-state index in [2.05, 4.69) is 4.90 Å². The van der Waals surface area contributed by atoms with Crippen molar-refractivity contribution >= 4 is 46.6 Å². The molecule has 0 radical (unpaired) electrons. The van der Waals surface area contributed by atoms with Gasteiger partial charge in [-0.1, -0.05) is 23.7 Å². The van der Waals surface area contributed by atoms with E-state index in [0.717, 1.165) is 11.3 Å². The molecular formula is C19H19ClN2O3S. The van der Waals surface area contributed by atoms with E-state index in [0.29, 0.717) is 31.2 Å². The minimum atomic E-state index is -0.515. The molecule has 1 fully saturated rings. The van der Waals surface area contributed by atoms with Crippen LogP contribution in [-0.2, 0) is 14.3 Å². The highest BCUT2D eigenvalue weighted by molar-refractivity contribution is 7.08. The molecule has 0 aliphatic carbocycles. The van der Waals surface area contributed by atoms with Gasteiger partial charge >= 0.3 is 5.97 Å². The fourth-order valence-corrected chi connectivity index (χ4v) is 3.60. The molecular weight excluding hydrogens is 372 g/mol. The van der Waals surface area contributed by atoms with Gasteiger partial charge in [-0.05, 0) is 40.6 Å². The van der Waals surface area contributed by atoms with Crippen LogP contribution < -0.4 is 4.90 Å². The molecule has 0 unspecified atom stereocenters. The fraction of sp³-hybridized carbons (Fsp3) is 0.263. The van der Waals surface area contributed by atoms with E-state index in [4.69, 9.17) is 16.3 Å².